The predicted molar refractivity (Wildman–Crippen MR) is 61.6 cm³/mol. The fourth-order valence-electron chi connectivity index (χ4n) is 1.69. The maximum Gasteiger partial charge on any atom is 0.0328 e. The summed E-state index contributed by atoms with van der Waals surface area (Å²) in [5, 5.41) is 4.44. The monoisotopic (exact) mass is 213 g/mol. The zero-order valence-corrected chi connectivity index (χ0v) is 9.53. The number of hydrogen-bond acceptors (Lipinski definition) is 3. The van der Waals surface area contributed by atoms with Crippen molar-refractivity contribution < 1.29 is 0 Å². The molecule has 0 spiro atoms. The van der Waals surface area contributed by atoms with E-state index in [9.17, 15) is 0 Å². The molecule has 1 saturated heterocycles. The average Bonchev–Trinajstić information content (AvgIpc) is 2.71. The molecule has 0 radical (unpaired) electrons. The fourth-order valence-corrected chi connectivity index (χ4v) is 3.37. The van der Waals surface area contributed by atoms with E-state index in [0.717, 1.165) is 0 Å². The summed E-state index contributed by atoms with van der Waals surface area (Å²) in [4.78, 5) is 2.58. The Morgan fingerprint density at radius 2 is 2.15 bits per heavy atom. The maximum atomic E-state index is 2.58. The molecule has 1 aliphatic rings. The van der Waals surface area contributed by atoms with Crippen LogP contribution in [0, 0.1) is 0 Å². The van der Waals surface area contributed by atoms with Gasteiger partial charge in [0, 0.05) is 30.6 Å². The van der Waals surface area contributed by atoms with Crippen LogP contribution in [-0.2, 0) is 0 Å². The Bertz CT molecular complexity index is 239. The predicted octanol–water partition coefficient (Wildman–Crippen LogP) is 2.86. The number of hydrogen-bond donors (Lipinski definition) is 0. The highest BCUT2D eigenvalue weighted by atomic mass is 32.2. The van der Waals surface area contributed by atoms with Crippen LogP contribution in [0.2, 0.25) is 0 Å². The van der Waals surface area contributed by atoms with Crippen molar-refractivity contribution in [2.75, 3.05) is 24.6 Å². The van der Waals surface area contributed by atoms with Crippen molar-refractivity contribution in [1.29, 1.82) is 0 Å². The molecule has 1 aromatic heterocycles. The summed E-state index contributed by atoms with van der Waals surface area (Å²) in [7, 11) is 0. The molecule has 0 bridgehead atoms. The minimum absolute atomic E-state index is 0.618. The van der Waals surface area contributed by atoms with Gasteiger partial charge in [-0.25, -0.2) is 0 Å². The molecule has 13 heavy (non-hydrogen) atoms. The molecule has 1 atom stereocenters. The van der Waals surface area contributed by atoms with Gasteiger partial charge in [0.15, 0.2) is 0 Å². The molecule has 2 heterocycles. The second-order valence-electron chi connectivity index (χ2n) is 3.38. The maximum absolute atomic E-state index is 2.58. The molecule has 0 amide bonds. The molecule has 0 saturated carbocycles. The Morgan fingerprint density at radius 3 is 2.77 bits per heavy atom. The van der Waals surface area contributed by atoms with E-state index < -0.39 is 0 Å². The van der Waals surface area contributed by atoms with Crippen LogP contribution in [0.4, 0.5) is 0 Å². The van der Waals surface area contributed by atoms with E-state index in [1.54, 1.807) is 11.3 Å². The molecule has 1 aromatic rings. The first kappa shape index (κ1) is 9.56. The molecular formula is C10H15NS2. The zero-order valence-electron chi connectivity index (χ0n) is 7.90. The fraction of sp³-hybridized carbons (Fsp3) is 0.600. The first-order chi connectivity index (χ1) is 6.38. The van der Waals surface area contributed by atoms with E-state index in [4.69, 9.17) is 0 Å². The third kappa shape index (κ3) is 2.27. The van der Waals surface area contributed by atoms with Gasteiger partial charge in [0.25, 0.3) is 0 Å². The molecule has 2 rings (SSSR count). The SMILES string of the molecule is CC(c1ccsc1)N1CCSCC1. The summed E-state index contributed by atoms with van der Waals surface area (Å²) in [6.07, 6.45) is 0. The number of rotatable bonds is 2. The first-order valence-electron chi connectivity index (χ1n) is 4.72. The van der Waals surface area contributed by atoms with Crippen molar-refractivity contribution >= 4 is 23.1 Å². The smallest absolute Gasteiger partial charge is 0.0328 e. The largest absolute Gasteiger partial charge is 0.295 e. The van der Waals surface area contributed by atoms with Crippen LogP contribution in [-0.4, -0.2) is 29.5 Å². The molecule has 0 N–H and O–H groups in total. The third-order valence-electron chi connectivity index (χ3n) is 2.62. The summed E-state index contributed by atoms with van der Waals surface area (Å²) >= 11 is 3.87. The van der Waals surface area contributed by atoms with Crippen LogP contribution in [0.5, 0.6) is 0 Å². The van der Waals surface area contributed by atoms with Crippen LogP contribution in [0.15, 0.2) is 16.8 Å². The standard InChI is InChI=1S/C10H15NS2/c1-9(10-2-5-13-8-10)11-3-6-12-7-4-11/h2,5,8-9H,3-4,6-7H2,1H3. The van der Waals surface area contributed by atoms with Crippen molar-refractivity contribution in [3.8, 4) is 0 Å². The van der Waals surface area contributed by atoms with E-state index >= 15 is 0 Å². The van der Waals surface area contributed by atoms with E-state index in [0.29, 0.717) is 6.04 Å². The normalized spacial score (nSPS) is 21.6. The average molecular weight is 213 g/mol. The van der Waals surface area contributed by atoms with E-state index in [-0.39, 0.29) is 0 Å². The van der Waals surface area contributed by atoms with Crippen LogP contribution >= 0.6 is 23.1 Å². The molecule has 3 heteroatoms. The molecular weight excluding hydrogens is 198 g/mol. The second-order valence-corrected chi connectivity index (χ2v) is 5.39. The minimum Gasteiger partial charge on any atom is -0.295 e. The number of thiophene rings is 1. The lowest BCUT2D eigenvalue weighted by molar-refractivity contribution is 0.234. The Morgan fingerprint density at radius 1 is 1.38 bits per heavy atom. The third-order valence-corrected chi connectivity index (χ3v) is 4.26. The van der Waals surface area contributed by atoms with Gasteiger partial charge in [-0.15, -0.1) is 0 Å². The Hall–Kier alpha value is 0.01000. The van der Waals surface area contributed by atoms with E-state index in [1.807, 2.05) is 0 Å². The summed E-state index contributed by atoms with van der Waals surface area (Å²) in [6, 6.07) is 2.86. The van der Waals surface area contributed by atoms with Gasteiger partial charge in [0.2, 0.25) is 0 Å². The molecule has 0 aromatic carbocycles. The molecule has 1 aliphatic heterocycles. The lowest BCUT2D eigenvalue weighted by Crippen LogP contribution is -2.34. The van der Waals surface area contributed by atoms with Gasteiger partial charge in [-0.3, -0.25) is 4.90 Å². The van der Waals surface area contributed by atoms with E-state index in [2.05, 4.69) is 40.4 Å². The van der Waals surface area contributed by atoms with Crippen molar-refractivity contribution in [3.63, 3.8) is 0 Å². The summed E-state index contributed by atoms with van der Waals surface area (Å²) < 4.78 is 0. The number of nitrogens with zero attached hydrogens (tertiary/aromatic N) is 1. The van der Waals surface area contributed by atoms with E-state index in [1.165, 1.54) is 30.2 Å². The Balaban J connectivity index is 1.99. The van der Waals surface area contributed by atoms with Crippen LogP contribution in [0.25, 0.3) is 0 Å². The lowest BCUT2D eigenvalue weighted by atomic mass is 10.1. The summed E-state index contributed by atoms with van der Waals surface area (Å²) in [5.41, 5.74) is 1.48. The molecule has 1 unspecified atom stereocenters. The van der Waals surface area contributed by atoms with Gasteiger partial charge in [0.05, 0.1) is 0 Å². The minimum atomic E-state index is 0.618. The zero-order chi connectivity index (χ0) is 9.10. The quantitative estimate of drug-likeness (QED) is 0.743. The molecule has 1 nitrogen and oxygen atoms in total. The second kappa shape index (κ2) is 4.49. The highest BCUT2D eigenvalue weighted by molar-refractivity contribution is 7.99. The lowest BCUT2D eigenvalue weighted by Gasteiger charge is -2.31. The highest BCUT2D eigenvalue weighted by Crippen LogP contribution is 2.24. The Labute approximate surface area is 88.1 Å². The van der Waals surface area contributed by atoms with Gasteiger partial charge in [-0.1, -0.05) is 0 Å². The van der Waals surface area contributed by atoms with Gasteiger partial charge in [-0.05, 0) is 29.3 Å². The van der Waals surface area contributed by atoms with Gasteiger partial charge in [-0.2, -0.15) is 23.1 Å². The molecule has 0 aliphatic carbocycles. The Kier molecular flexibility index (Phi) is 3.30. The molecule has 1 fully saturated rings. The summed E-state index contributed by atoms with van der Waals surface area (Å²) in [5.74, 6) is 2.60. The first-order valence-corrected chi connectivity index (χ1v) is 6.81. The van der Waals surface area contributed by atoms with Crippen LogP contribution in [0.1, 0.15) is 18.5 Å². The van der Waals surface area contributed by atoms with Crippen LogP contribution in [0.3, 0.4) is 0 Å². The number of thioether (sulfide) groups is 1. The van der Waals surface area contributed by atoms with Crippen LogP contribution < -0.4 is 0 Å². The van der Waals surface area contributed by atoms with Crippen molar-refractivity contribution in [2.45, 2.75) is 13.0 Å². The highest BCUT2D eigenvalue weighted by Gasteiger charge is 2.17. The summed E-state index contributed by atoms with van der Waals surface area (Å²) in [6.45, 7) is 4.82. The van der Waals surface area contributed by atoms with Crippen molar-refractivity contribution in [1.82, 2.24) is 4.90 Å². The topological polar surface area (TPSA) is 3.24 Å². The van der Waals surface area contributed by atoms with Crippen molar-refractivity contribution in [2.24, 2.45) is 0 Å². The van der Waals surface area contributed by atoms with Crippen molar-refractivity contribution in [3.05, 3.63) is 22.4 Å². The molecule has 72 valence electrons. The van der Waals surface area contributed by atoms with Gasteiger partial charge < -0.3 is 0 Å². The van der Waals surface area contributed by atoms with Gasteiger partial charge >= 0.3 is 0 Å². The van der Waals surface area contributed by atoms with Gasteiger partial charge in [0.1, 0.15) is 0 Å².